The molecule has 0 saturated heterocycles. The first-order valence-corrected chi connectivity index (χ1v) is 5.28. The third-order valence-corrected chi connectivity index (χ3v) is 2.59. The zero-order valence-corrected chi connectivity index (χ0v) is 9.59. The molecule has 2 rings (SSSR count). The second-order valence-electron chi connectivity index (χ2n) is 3.72. The summed E-state index contributed by atoms with van der Waals surface area (Å²) in [6.07, 6.45) is 4.57. The fourth-order valence-electron chi connectivity index (χ4n) is 1.55. The van der Waals surface area contributed by atoms with E-state index in [1.165, 1.54) is 5.69 Å². The molecule has 16 heavy (non-hydrogen) atoms. The molecule has 0 atom stereocenters. The van der Waals surface area contributed by atoms with Crippen molar-refractivity contribution in [3.63, 3.8) is 0 Å². The molecule has 1 N–H and O–H groups in total. The van der Waals surface area contributed by atoms with E-state index < -0.39 is 0 Å². The fourth-order valence-corrected chi connectivity index (χ4v) is 1.55. The maximum absolute atomic E-state index is 4.12. The Bertz CT molecular complexity index is 401. The van der Waals surface area contributed by atoms with Crippen LogP contribution in [0.2, 0.25) is 0 Å². The van der Waals surface area contributed by atoms with Gasteiger partial charge in [0.1, 0.15) is 0 Å². The number of hydrogen-bond acceptors (Lipinski definition) is 4. The van der Waals surface area contributed by atoms with Crippen molar-refractivity contribution in [2.24, 2.45) is 14.1 Å². The molecule has 0 saturated carbocycles. The van der Waals surface area contributed by atoms with Gasteiger partial charge in [-0.2, -0.15) is 5.10 Å². The Morgan fingerprint density at radius 2 is 2.12 bits per heavy atom. The third kappa shape index (κ3) is 2.46. The van der Waals surface area contributed by atoms with Crippen molar-refractivity contribution in [1.29, 1.82) is 0 Å². The van der Waals surface area contributed by atoms with E-state index in [0.717, 1.165) is 25.2 Å². The minimum atomic E-state index is 0.793. The van der Waals surface area contributed by atoms with Crippen molar-refractivity contribution in [2.75, 3.05) is 6.54 Å². The molecule has 0 radical (unpaired) electrons. The number of aromatic nitrogens is 5. The zero-order valence-electron chi connectivity index (χ0n) is 9.59. The number of nitrogens with one attached hydrogen (secondary N) is 1. The highest BCUT2D eigenvalue weighted by atomic mass is 15.4. The maximum Gasteiger partial charge on any atom is 0.0738 e. The summed E-state index contributed by atoms with van der Waals surface area (Å²) in [4.78, 5) is 0. The van der Waals surface area contributed by atoms with E-state index in [4.69, 9.17) is 0 Å². The lowest BCUT2D eigenvalue weighted by atomic mass is 10.3. The van der Waals surface area contributed by atoms with Crippen molar-refractivity contribution in [3.8, 4) is 0 Å². The summed E-state index contributed by atoms with van der Waals surface area (Å²) in [6.45, 7) is 1.71. The van der Waals surface area contributed by atoms with Gasteiger partial charge in [0, 0.05) is 45.5 Å². The molecule has 0 aromatic carbocycles. The molecule has 0 bridgehead atoms. The van der Waals surface area contributed by atoms with Gasteiger partial charge in [-0.1, -0.05) is 5.21 Å². The first kappa shape index (κ1) is 10.8. The molecule has 0 amide bonds. The van der Waals surface area contributed by atoms with Gasteiger partial charge >= 0.3 is 0 Å². The molecular weight excluding hydrogens is 204 g/mol. The van der Waals surface area contributed by atoms with Crippen LogP contribution in [0.25, 0.3) is 0 Å². The summed E-state index contributed by atoms with van der Waals surface area (Å²) in [7, 11) is 3.85. The summed E-state index contributed by atoms with van der Waals surface area (Å²) in [5.41, 5.74) is 2.32. The van der Waals surface area contributed by atoms with Gasteiger partial charge in [-0.3, -0.25) is 9.36 Å². The Kier molecular flexibility index (Phi) is 3.31. The van der Waals surface area contributed by atoms with Crippen molar-refractivity contribution >= 4 is 0 Å². The summed E-state index contributed by atoms with van der Waals surface area (Å²) in [6, 6.07) is 2.04. The summed E-state index contributed by atoms with van der Waals surface area (Å²) < 4.78 is 3.67. The standard InChI is InChI=1S/C10H16N6/c1-15-9(4-6-13-15)3-5-11-7-10-8-12-14-16(10)2/h4,6,8,11H,3,5,7H2,1-2H3. The van der Waals surface area contributed by atoms with Crippen LogP contribution in [0.5, 0.6) is 0 Å². The molecule has 0 unspecified atom stereocenters. The van der Waals surface area contributed by atoms with E-state index in [1.54, 1.807) is 10.9 Å². The predicted molar refractivity (Wildman–Crippen MR) is 59.6 cm³/mol. The first-order valence-electron chi connectivity index (χ1n) is 5.28. The Morgan fingerprint density at radius 1 is 1.25 bits per heavy atom. The molecule has 0 fully saturated rings. The van der Waals surface area contributed by atoms with Crippen molar-refractivity contribution in [2.45, 2.75) is 13.0 Å². The molecule has 86 valence electrons. The molecule has 0 aliphatic heterocycles. The molecular formula is C10H16N6. The second-order valence-corrected chi connectivity index (χ2v) is 3.72. The van der Waals surface area contributed by atoms with Gasteiger partial charge < -0.3 is 5.32 Å². The maximum atomic E-state index is 4.12. The molecule has 2 aromatic heterocycles. The number of hydrogen-bond donors (Lipinski definition) is 1. The van der Waals surface area contributed by atoms with E-state index in [-0.39, 0.29) is 0 Å². The molecule has 2 heterocycles. The molecule has 0 aliphatic rings. The van der Waals surface area contributed by atoms with Crippen molar-refractivity contribution < 1.29 is 0 Å². The van der Waals surface area contributed by atoms with Gasteiger partial charge in [0.2, 0.25) is 0 Å². The summed E-state index contributed by atoms with van der Waals surface area (Å²) in [5, 5.41) is 15.2. The van der Waals surface area contributed by atoms with Crippen LogP contribution in [0.4, 0.5) is 0 Å². The lowest BCUT2D eigenvalue weighted by molar-refractivity contribution is 0.603. The normalized spacial score (nSPS) is 10.9. The van der Waals surface area contributed by atoms with Crippen molar-refractivity contribution in [3.05, 3.63) is 29.8 Å². The first-order chi connectivity index (χ1) is 7.77. The van der Waals surface area contributed by atoms with Gasteiger partial charge in [-0.15, -0.1) is 5.10 Å². The van der Waals surface area contributed by atoms with Gasteiger partial charge in [0.25, 0.3) is 0 Å². The molecule has 0 aliphatic carbocycles. The smallest absolute Gasteiger partial charge is 0.0738 e. The Balaban J connectivity index is 1.74. The number of rotatable bonds is 5. The van der Waals surface area contributed by atoms with Crippen molar-refractivity contribution in [1.82, 2.24) is 30.1 Å². The highest BCUT2D eigenvalue weighted by Crippen LogP contribution is 1.97. The monoisotopic (exact) mass is 220 g/mol. The van der Waals surface area contributed by atoms with E-state index in [0.29, 0.717) is 0 Å². The lowest BCUT2D eigenvalue weighted by Crippen LogP contribution is -2.19. The average molecular weight is 220 g/mol. The van der Waals surface area contributed by atoms with Gasteiger partial charge in [-0.05, 0) is 6.07 Å². The Labute approximate surface area is 94.3 Å². The third-order valence-electron chi connectivity index (χ3n) is 2.59. The highest BCUT2D eigenvalue weighted by molar-refractivity contribution is 5.00. The predicted octanol–water partition coefficient (Wildman–Crippen LogP) is -0.119. The summed E-state index contributed by atoms with van der Waals surface area (Å²) >= 11 is 0. The minimum absolute atomic E-state index is 0.793. The molecule has 2 aromatic rings. The lowest BCUT2D eigenvalue weighted by Gasteiger charge is -2.04. The van der Waals surface area contributed by atoms with Crippen LogP contribution in [-0.4, -0.2) is 31.3 Å². The van der Waals surface area contributed by atoms with Gasteiger partial charge in [0.15, 0.2) is 0 Å². The van der Waals surface area contributed by atoms with Gasteiger partial charge in [-0.25, -0.2) is 0 Å². The molecule has 6 heteroatoms. The van der Waals surface area contributed by atoms with E-state index in [2.05, 4.69) is 20.7 Å². The minimum Gasteiger partial charge on any atom is -0.311 e. The largest absolute Gasteiger partial charge is 0.311 e. The molecule has 0 spiro atoms. The van der Waals surface area contributed by atoms with Crippen LogP contribution in [0.1, 0.15) is 11.4 Å². The van der Waals surface area contributed by atoms with Crippen LogP contribution in [0.3, 0.4) is 0 Å². The van der Waals surface area contributed by atoms with E-state index in [9.17, 15) is 0 Å². The van der Waals surface area contributed by atoms with E-state index >= 15 is 0 Å². The number of nitrogens with zero attached hydrogens (tertiary/aromatic N) is 5. The highest BCUT2D eigenvalue weighted by Gasteiger charge is 2.00. The SMILES string of the molecule is Cn1nccc1CCNCc1cnnn1C. The Morgan fingerprint density at radius 3 is 2.75 bits per heavy atom. The quantitative estimate of drug-likeness (QED) is 0.714. The van der Waals surface area contributed by atoms with Crippen LogP contribution in [-0.2, 0) is 27.1 Å². The topological polar surface area (TPSA) is 60.6 Å². The average Bonchev–Trinajstić information content (AvgIpc) is 2.84. The summed E-state index contributed by atoms with van der Waals surface area (Å²) in [5.74, 6) is 0. The van der Waals surface area contributed by atoms with Crippen LogP contribution >= 0.6 is 0 Å². The second kappa shape index (κ2) is 4.89. The van der Waals surface area contributed by atoms with Crippen LogP contribution in [0.15, 0.2) is 18.5 Å². The van der Waals surface area contributed by atoms with E-state index in [1.807, 2.05) is 31.0 Å². The van der Waals surface area contributed by atoms with Crippen LogP contribution < -0.4 is 5.32 Å². The zero-order chi connectivity index (χ0) is 11.4. The fraction of sp³-hybridized carbons (Fsp3) is 0.500. The van der Waals surface area contributed by atoms with Gasteiger partial charge in [0.05, 0.1) is 11.9 Å². The molecule has 6 nitrogen and oxygen atoms in total. The van der Waals surface area contributed by atoms with Crippen LogP contribution in [0, 0.1) is 0 Å². The Hall–Kier alpha value is -1.69. The number of aryl methyl sites for hydroxylation is 2.